The summed E-state index contributed by atoms with van der Waals surface area (Å²) in [6.07, 6.45) is 2.12. The molecule has 3 atom stereocenters. The molecule has 0 aromatic rings. The third-order valence-corrected chi connectivity index (χ3v) is 5.82. The van der Waals surface area contributed by atoms with E-state index in [1.54, 1.807) is 6.92 Å². The Morgan fingerprint density at radius 2 is 2.00 bits per heavy atom. The maximum absolute atomic E-state index is 12.0. The zero-order valence-electron chi connectivity index (χ0n) is 11.3. The minimum atomic E-state index is -3.43. The van der Waals surface area contributed by atoms with Crippen LogP contribution < -0.4 is 5.32 Å². The summed E-state index contributed by atoms with van der Waals surface area (Å²) in [7, 11) is -3.43. The molecule has 1 amide bonds. The highest BCUT2D eigenvalue weighted by Gasteiger charge is 2.37. The Labute approximate surface area is 113 Å². The summed E-state index contributed by atoms with van der Waals surface area (Å²) in [6, 6.07) is -1.03. The summed E-state index contributed by atoms with van der Waals surface area (Å²) in [6.45, 7) is 3.54. The number of aliphatic carboxylic acids is 1. The van der Waals surface area contributed by atoms with Crippen LogP contribution in [0.1, 0.15) is 39.5 Å². The Morgan fingerprint density at radius 1 is 1.37 bits per heavy atom. The first-order valence-corrected chi connectivity index (χ1v) is 8.26. The van der Waals surface area contributed by atoms with Crippen molar-refractivity contribution >= 4 is 21.7 Å². The SMILES string of the molecule is CCC(C)C(NC(=O)C1CCCCS1(=O)=O)C(=O)O. The van der Waals surface area contributed by atoms with E-state index in [0.29, 0.717) is 19.3 Å². The monoisotopic (exact) mass is 291 g/mol. The van der Waals surface area contributed by atoms with Crippen molar-refractivity contribution in [1.82, 2.24) is 5.32 Å². The standard InChI is InChI=1S/C12H21NO5S/c1-3-8(2)10(12(15)16)13-11(14)9-6-4-5-7-19(9,17)18/h8-10H,3-7H2,1-2H3,(H,13,14)(H,15,16). The van der Waals surface area contributed by atoms with E-state index in [0.717, 1.165) is 0 Å². The molecule has 0 saturated carbocycles. The fourth-order valence-corrected chi connectivity index (χ4v) is 3.99. The molecular weight excluding hydrogens is 270 g/mol. The predicted molar refractivity (Wildman–Crippen MR) is 70.4 cm³/mol. The lowest BCUT2D eigenvalue weighted by atomic mass is 9.99. The van der Waals surface area contributed by atoms with Crippen molar-refractivity contribution < 1.29 is 23.1 Å². The second-order valence-corrected chi connectivity index (χ2v) is 7.36. The second-order valence-electron chi connectivity index (χ2n) is 5.06. The van der Waals surface area contributed by atoms with Gasteiger partial charge in [0.1, 0.15) is 11.3 Å². The number of carbonyl (C=O) groups is 2. The Morgan fingerprint density at radius 3 is 2.47 bits per heavy atom. The first kappa shape index (κ1) is 15.9. The van der Waals surface area contributed by atoms with Gasteiger partial charge < -0.3 is 10.4 Å². The van der Waals surface area contributed by atoms with Crippen LogP contribution in [-0.4, -0.2) is 42.4 Å². The van der Waals surface area contributed by atoms with Gasteiger partial charge in [-0.15, -0.1) is 0 Å². The molecule has 0 bridgehead atoms. The van der Waals surface area contributed by atoms with Crippen LogP contribution in [0.5, 0.6) is 0 Å². The van der Waals surface area contributed by atoms with Crippen LogP contribution in [0.4, 0.5) is 0 Å². The zero-order chi connectivity index (χ0) is 14.6. The molecule has 110 valence electrons. The highest BCUT2D eigenvalue weighted by atomic mass is 32.2. The molecule has 1 fully saturated rings. The van der Waals surface area contributed by atoms with Gasteiger partial charge in [-0.05, 0) is 18.8 Å². The lowest BCUT2D eigenvalue weighted by molar-refractivity contribution is -0.143. The second kappa shape index (κ2) is 6.36. The number of carboxylic acids is 1. The van der Waals surface area contributed by atoms with Gasteiger partial charge in [0.05, 0.1) is 5.75 Å². The summed E-state index contributed by atoms with van der Waals surface area (Å²) in [4.78, 5) is 23.1. The minimum Gasteiger partial charge on any atom is -0.480 e. The summed E-state index contributed by atoms with van der Waals surface area (Å²) in [5.41, 5.74) is 0. The predicted octanol–water partition coefficient (Wildman–Crippen LogP) is 0.569. The highest BCUT2D eigenvalue weighted by Crippen LogP contribution is 2.20. The van der Waals surface area contributed by atoms with Crippen molar-refractivity contribution in [2.75, 3.05) is 5.75 Å². The fourth-order valence-electron chi connectivity index (χ4n) is 2.18. The summed E-state index contributed by atoms with van der Waals surface area (Å²) in [5.74, 6) is -2.04. The zero-order valence-corrected chi connectivity index (χ0v) is 12.1. The van der Waals surface area contributed by atoms with Gasteiger partial charge in [-0.2, -0.15) is 0 Å². The van der Waals surface area contributed by atoms with E-state index >= 15 is 0 Å². The van der Waals surface area contributed by atoms with Crippen molar-refractivity contribution in [2.45, 2.75) is 50.8 Å². The number of carboxylic acid groups (broad SMARTS) is 1. The van der Waals surface area contributed by atoms with Crippen LogP contribution in [0.15, 0.2) is 0 Å². The molecule has 1 rings (SSSR count). The van der Waals surface area contributed by atoms with Crippen LogP contribution in [0.25, 0.3) is 0 Å². The van der Waals surface area contributed by atoms with Gasteiger partial charge in [-0.1, -0.05) is 26.7 Å². The van der Waals surface area contributed by atoms with E-state index in [2.05, 4.69) is 5.32 Å². The van der Waals surface area contributed by atoms with E-state index < -0.39 is 33.0 Å². The molecule has 0 aliphatic carbocycles. The van der Waals surface area contributed by atoms with Crippen molar-refractivity contribution in [1.29, 1.82) is 0 Å². The molecule has 2 N–H and O–H groups in total. The summed E-state index contributed by atoms with van der Waals surface area (Å²) >= 11 is 0. The Kier molecular flexibility index (Phi) is 5.34. The lowest BCUT2D eigenvalue weighted by Gasteiger charge is -2.25. The molecule has 19 heavy (non-hydrogen) atoms. The van der Waals surface area contributed by atoms with Crippen molar-refractivity contribution in [3.8, 4) is 0 Å². The number of carbonyl (C=O) groups excluding carboxylic acids is 1. The van der Waals surface area contributed by atoms with Gasteiger partial charge in [0, 0.05) is 0 Å². The van der Waals surface area contributed by atoms with Crippen LogP contribution in [-0.2, 0) is 19.4 Å². The molecule has 6 nitrogen and oxygen atoms in total. The van der Waals surface area contributed by atoms with Gasteiger partial charge >= 0.3 is 5.97 Å². The van der Waals surface area contributed by atoms with E-state index in [1.165, 1.54) is 0 Å². The van der Waals surface area contributed by atoms with Crippen molar-refractivity contribution in [3.05, 3.63) is 0 Å². The van der Waals surface area contributed by atoms with E-state index in [4.69, 9.17) is 5.11 Å². The number of hydrogen-bond donors (Lipinski definition) is 2. The molecule has 3 unspecified atom stereocenters. The largest absolute Gasteiger partial charge is 0.480 e. The van der Waals surface area contributed by atoms with E-state index in [9.17, 15) is 18.0 Å². The average molecular weight is 291 g/mol. The van der Waals surface area contributed by atoms with Crippen molar-refractivity contribution in [2.24, 2.45) is 5.92 Å². The van der Waals surface area contributed by atoms with Crippen LogP contribution in [0.3, 0.4) is 0 Å². The Bertz CT molecular complexity index is 445. The lowest BCUT2D eigenvalue weighted by Crippen LogP contribution is -2.51. The molecule has 1 saturated heterocycles. The number of rotatable bonds is 5. The number of nitrogens with one attached hydrogen (secondary N) is 1. The molecule has 1 heterocycles. The molecular formula is C12H21NO5S. The Hall–Kier alpha value is -1.11. The van der Waals surface area contributed by atoms with Crippen molar-refractivity contribution in [3.63, 3.8) is 0 Å². The maximum atomic E-state index is 12.0. The van der Waals surface area contributed by atoms with Crippen LogP contribution >= 0.6 is 0 Å². The molecule has 0 aromatic carbocycles. The van der Waals surface area contributed by atoms with Gasteiger partial charge in [0.15, 0.2) is 9.84 Å². The van der Waals surface area contributed by atoms with Crippen LogP contribution in [0, 0.1) is 5.92 Å². The van der Waals surface area contributed by atoms with Crippen LogP contribution in [0.2, 0.25) is 0 Å². The Balaban J connectivity index is 2.79. The maximum Gasteiger partial charge on any atom is 0.326 e. The van der Waals surface area contributed by atoms with Gasteiger partial charge in [-0.3, -0.25) is 4.79 Å². The minimum absolute atomic E-state index is 0.00611. The smallest absolute Gasteiger partial charge is 0.326 e. The fraction of sp³-hybridized carbons (Fsp3) is 0.833. The van der Waals surface area contributed by atoms with Gasteiger partial charge in [0.25, 0.3) is 0 Å². The number of amides is 1. The molecule has 0 radical (unpaired) electrons. The highest BCUT2D eigenvalue weighted by molar-refractivity contribution is 7.92. The van der Waals surface area contributed by atoms with Gasteiger partial charge in [-0.25, -0.2) is 13.2 Å². The summed E-state index contributed by atoms with van der Waals surface area (Å²) < 4.78 is 23.6. The number of hydrogen-bond acceptors (Lipinski definition) is 4. The third-order valence-electron chi connectivity index (χ3n) is 3.65. The third kappa shape index (κ3) is 3.92. The molecule has 0 aromatic heterocycles. The first-order chi connectivity index (χ1) is 8.79. The van der Waals surface area contributed by atoms with E-state index in [1.807, 2.05) is 6.92 Å². The molecule has 1 aliphatic rings. The van der Waals surface area contributed by atoms with E-state index in [-0.39, 0.29) is 18.1 Å². The first-order valence-electron chi connectivity index (χ1n) is 6.54. The normalized spacial score (nSPS) is 25.3. The average Bonchev–Trinajstić information content (AvgIpc) is 2.33. The number of sulfone groups is 1. The topological polar surface area (TPSA) is 101 Å². The molecule has 0 spiro atoms. The van der Waals surface area contributed by atoms with Gasteiger partial charge in [0.2, 0.25) is 5.91 Å². The summed E-state index contributed by atoms with van der Waals surface area (Å²) in [5, 5.41) is 10.4. The quantitative estimate of drug-likeness (QED) is 0.771. The molecule has 1 aliphatic heterocycles. The molecule has 7 heteroatoms.